The summed E-state index contributed by atoms with van der Waals surface area (Å²) in [5.74, 6) is -1.07. The second-order valence-electron chi connectivity index (χ2n) is 8.43. The fourth-order valence-corrected chi connectivity index (χ4v) is 5.29. The summed E-state index contributed by atoms with van der Waals surface area (Å²) in [4.78, 5) is 23.1. The van der Waals surface area contributed by atoms with E-state index in [4.69, 9.17) is 18.9 Å². The van der Waals surface area contributed by atoms with Crippen molar-refractivity contribution < 1.29 is 33.3 Å². The molecule has 7 heteroatoms. The van der Waals surface area contributed by atoms with E-state index in [0.29, 0.717) is 19.3 Å². The van der Waals surface area contributed by atoms with Crippen LogP contribution in [-0.4, -0.2) is 54.9 Å². The molecule has 0 aromatic carbocycles. The van der Waals surface area contributed by atoms with Crippen molar-refractivity contribution in [3.63, 3.8) is 0 Å². The number of ether oxygens (including phenoxy) is 5. The topological polar surface area (TPSA) is 80.3 Å². The van der Waals surface area contributed by atoms with E-state index in [1.165, 1.54) is 20.5 Å². The first-order valence-electron chi connectivity index (χ1n) is 10.4. The van der Waals surface area contributed by atoms with Crippen molar-refractivity contribution in [3.8, 4) is 0 Å². The maximum absolute atomic E-state index is 11.9. The van der Waals surface area contributed by atoms with Crippen LogP contribution in [0.2, 0.25) is 0 Å². The molecule has 0 radical (unpaired) electrons. The zero-order valence-electron chi connectivity index (χ0n) is 16.7. The maximum Gasteiger partial charge on any atom is 0.309 e. The zero-order valence-corrected chi connectivity index (χ0v) is 16.7. The van der Waals surface area contributed by atoms with Crippen LogP contribution >= 0.6 is 0 Å². The molecule has 4 rings (SSSR count). The number of methoxy groups -OCH3 is 1. The van der Waals surface area contributed by atoms with Crippen molar-refractivity contribution >= 4 is 11.9 Å². The van der Waals surface area contributed by atoms with Gasteiger partial charge in [-0.3, -0.25) is 9.59 Å². The third-order valence-corrected chi connectivity index (χ3v) is 6.46. The van der Waals surface area contributed by atoms with Crippen LogP contribution in [0.3, 0.4) is 0 Å². The molecule has 0 amide bonds. The standard InChI is InChI=1S/C21H30O7/c1-14(22)26-20-12-15(25-17(20)8-4-5-9-18(23)24-2)19-16(13-20)27-21(28-19)10-6-3-7-11-21/h4-5,15-17,19H,3,6-13H2,1-2H3/b5-4+/t15-,16-,17+,19?,20-/m1/s1. The third kappa shape index (κ3) is 3.72. The van der Waals surface area contributed by atoms with Crippen LogP contribution in [0.5, 0.6) is 0 Å². The first-order valence-corrected chi connectivity index (χ1v) is 10.4. The lowest BCUT2D eigenvalue weighted by Crippen LogP contribution is -2.50. The highest BCUT2D eigenvalue weighted by molar-refractivity contribution is 5.70. The molecule has 28 heavy (non-hydrogen) atoms. The number of carbonyl (C=O) groups is 2. The summed E-state index contributed by atoms with van der Waals surface area (Å²) in [6, 6.07) is 0. The van der Waals surface area contributed by atoms with Crippen LogP contribution in [0.1, 0.15) is 64.7 Å². The summed E-state index contributed by atoms with van der Waals surface area (Å²) in [5.41, 5.74) is -0.698. The Hall–Kier alpha value is -1.44. The van der Waals surface area contributed by atoms with Crippen LogP contribution < -0.4 is 0 Å². The van der Waals surface area contributed by atoms with E-state index in [1.807, 2.05) is 6.08 Å². The molecule has 2 saturated carbocycles. The highest BCUT2D eigenvalue weighted by Crippen LogP contribution is 2.53. The number of esters is 2. The Labute approximate surface area is 165 Å². The van der Waals surface area contributed by atoms with Gasteiger partial charge >= 0.3 is 11.9 Å². The summed E-state index contributed by atoms with van der Waals surface area (Å²) in [7, 11) is 1.37. The lowest BCUT2D eigenvalue weighted by Gasteiger charge is -2.37. The van der Waals surface area contributed by atoms with Gasteiger partial charge in [-0.25, -0.2) is 0 Å². The number of hydrogen-bond acceptors (Lipinski definition) is 7. The number of rotatable bonds is 5. The quantitative estimate of drug-likeness (QED) is 0.524. The first-order chi connectivity index (χ1) is 13.5. The average Bonchev–Trinajstić information content (AvgIpc) is 3.15. The molecule has 0 N–H and O–H groups in total. The van der Waals surface area contributed by atoms with Crippen molar-refractivity contribution in [2.24, 2.45) is 0 Å². The van der Waals surface area contributed by atoms with Crippen LogP contribution in [0, 0.1) is 0 Å². The third-order valence-electron chi connectivity index (χ3n) is 6.46. The van der Waals surface area contributed by atoms with E-state index >= 15 is 0 Å². The second-order valence-corrected chi connectivity index (χ2v) is 8.43. The minimum atomic E-state index is -0.698. The monoisotopic (exact) mass is 394 g/mol. The largest absolute Gasteiger partial charge is 0.469 e. The van der Waals surface area contributed by atoms with Gasteiger partial charge in [-0.2, -0.15) is 0 Å². The van der Waals surface area contributed by atoms with Gasteiger partial charge < -0.3 is 23.7 Å². The van der Waals surface area contributed by atoms with E-state index < -0.39 is 11.4 Å². The average molecular weight is 394 g/mol. The van der Waals surface area contributed by atoms with Crippen molar-refractivity contribution in [1.29, 1.82) is 0 Å². The Kier molecular flexibility index (Phi) is 5.51. The van der Waals surface area contributed by atoms with Gasteiger partial charge in [0.15, 0.2) is 5.79 Å². The fraction of sp³-hybridized carbons (Fsp3) is 0.810. The Morgan fingerprint density at radius 3 is 2.54 bits per heavy atom. The second kappa shape index (κ2) is 7.76. The molecule has 156 valence electrons. The minimum absolute atomic E-state index is 0.106. The summed E-state index contributed by atoms with van der Waals surface area (Å²) in [6.45, 7) is 1.44. The molecule has 2 aliphatic heterocycles. The molecule has 0 aromatic rings. The van der Waals surface area contributed by atoms with Gasteiger partial charge in [0.1, 0.15) is 17.8 Å². The number of fused-ring (bicyclic) bond motifs is 4. The summed E-state index contributed by atoms with van der Waals surface area (Å²) < 4.78 is 29.7. The first kappa shape index (κ1) is 19.9. The lowest BCUT2D eigenvalue weighted by atomic mass is 9.78. The molecule has 2 saturated heterocycles. The van der Waals surface area contributed by atoms with E-state index in [0.717, 1.165) is 25.7 Å². The van der Waals surface area contributed by atoms with Gasteiger partial charge in [-0.05, 0) is 19.3 Å². The molecule has 2 bridgehead atoms. The summed E-state index contributed by atoms with van der Waals surface area (Å²) in [6.07, 6.45) is 10.3. The van der Waals surface area contributed by atoms with Crippen molar-refractivity contribution in [3.05, 3.63) is 12.2 Å². The Morgan fingerprint density at radius 1 is 1.07 bits per heavy atom. The fourth-order valence-electron chi connectivity index (χ4n) is 5.29. The zero-order chi connectivity index (χ0) is 19.8. The molecule has 0 aromatic heterocycles. The molecule has 2 aliphatic carbocycles. The van der Waals surface area contributed by atoms with Crippen LogP contribution in [0.4, 0.5) is 0 Å². The van der Waals surface area contributed by atoms with E-state index in [1.54, 1.807) is 6.08 Å². The summed E-state index contributed by atoms with van der Waals surface area (Å²) >= 11 is 0. The molecule has 1 spiro atoms. The van der Waals surface area contributed by atoms with Gasteiger partial charge in [0.25, 0.3) is 0 Å². The Balaban J connectivity index is 1.47. The molecular formula is C21H30O7. The van der Waals surface area contributed by atoms with Crippen LogP contribution in [0.25, 0.3) is 0 Å². The highest BCUT2D eigenvalue weighted by Gasteiger charge is 2.64. The highest BCUT2D eigenvalue weighted by atomic mass is 16.8. The van der Waals surface area contributed by atoms with Gasteiger partial charge in [-0.1, -0.05) is 18.6 Å². The Bertz CT molecular complexity index is 639. The van der Waals surface area contributed by atoms with E-state index in [-0.39, 0.29) is 42.8 Å². The Morgan fingerprint density at radius 2 is 1.82 bits per heavy atom. The predicted octanol–water partition coefficient (Wildman–Crippen LogP) is 2.80. The van der Waals surface area contributed by atoms with Crippen molar-refractivity contribution in [2.75, 3.05) is 7.11 Å². The lowest BCUT2D eigenvalue weighted by molar-refractivity contribution is -0.207. The maximum atomic E-state index is 11.9. The molecule has 1 unspecified atom stereocenters. The van der Waals surface area contributed by atoms with Crippen LogP contribution in [-0.2, 0) is 33.3 Å². The number of hydrogen-bond donors (Lipinski definition) is 0. The molecule has 4 fully saturated rings. The summed E-state index contributed by atoms with van der Waals surface area (Å²) in [5, 5.41) is 0. The van der Waals surface area contributed by atoms with Crippen molar-refractivity contribution in [1.82, 2.24) is 0 Å². The molecular weight excluding hydrogens is 364 g/mol. The van der Waals surface area contributed by atoms with E-state index in [2.05, 4.69) is 4.74 Å². The van der Waals surface area contributed by atoms with Gasteiger partial charge in [0.05, 0.1) is 25.7 Å². The molecule has 2 heterocycles. The smallest absolute Gasteiger partial charge is 0.309 e. The molecule has 5 atom stereocenters. The normalized spacial score (nSPS) is 38.5. The molecule has 7 nitrogen and oxygen atoms in total. The van der Waals surface area contributed by atoms with E-state index in [9.17, 15) is 9.59 Å². The SMILES string of the molecule is COC(=O)C/C=C/C[C@@H]1O[C@@H]2C[C@@]1(OC(C)=O)C[C@H]1OC3(CCCCC3)OC21. The minimum Gasteiger partial charge on any atom is -0.469 e. The molecule has 4 aliphatic rings. The van der Waals surface area contributed by atoms with Gasteiger partial charge in [0, 0.05) is 32.6 Å². The number of carbonyl (C=O) groups excluding carboxylic acids is 2. The van der Waals surface area contributed by atoms with Crippen molar-refractivity contribution in [2.45, 2.75) is 101 Å². The van der Waals surface area contributed by atoms with Crippen LogP contribution in [0.15, 0.2) is 12.2 Å². The predicted molar refractivity (Wildman–Crippen MR) is 98.3 cm³/mol. The van der Waals surface area contributed by atoms with Gasteiger partial charge in [0.2, 0.25) is 0 Å². The van der Waals surface area contributed by atoms with Gasteiger partial charge in [-0.15, -0.1) is 0 Å².